The maximum absolute atomic E-state index is 5.55. The average molecular weight is 218 g/mol. The van der Waals surface area contributed by atoms with Crippen LogP contribution in [0, 0.1) is 0 Å². The van der Waals surface area contributed by atoms with Crippen molar-refractivity contribution < 1.29 is 0 Å². The molecule has 0 spiro atoms. The summed E-state index contributed by atoms with van der Waals surface area (Å²) >= 11 is 7.52. The van der Waals surface area contributed by atoms with E-state index in [4.69, 9.17) is 5.73 Å². The smallest absolute Gasteiger partial charge is 0.0449 e. The van der Waals surface area contributed by atoms with Gasteiger partial charge in [-0.15, -0.1) is 12.6 Å². The molecule has 0 unspecified atom stereocenters. The number of alkyl halides is 1. The molecule has 54 valence electrons. The summed E-state index contributed by atoms with van der Waals surface area (Å²) in [5.74, 6) is 0. The number of anilines is 1. The standard InChI is InChI=1S/C7H8BrNS/c8-4-5-1-2-6(9)7(10)3-5/h1-3,10H,4,9H2. The third kappa shape index (κ3) is 1.67. The summed E-state index contributed by atoms with van der Waals surface area (Å²) in [7, 11) is 0. The van der Waals surface area contributed by atoms with Crippen LogP contribution in [-0.2, 0) is 5.33 Å². The van der Waals surface area contributed by atoms with Gasteiger partial charge in [0.2, 0.25) is 0 Å². The number of hydrogen-bond acceptors (Lipinski definition) is 2. The van der Waals surface area contributed by atoms with Gasteiger partial charge in [-0.2, -0.15) is 0 Å². The lowest BCUT2D eigenvalue weighted by atomic mass is 10.2. The molecule has 0 atom stereocenters. The van der Waals surface area contributed by atoms with Crippen molar-refractivity contribution in [3.05, 3.63) is 23.8 Å². The summed E-state index contributed by atoms with van der Waals surface area (Å²) in [6.07, 6.45) is 0. The third-order valence-corrected chi connectivity index (χ3v) is 2.28. The Kier molecular flexibility index (Phi) is 2.63. The number of hydrogen-bond donors (Lipinski definition) is 2. The first-order valence-electron chi connectivity index (χ1n) is 2.87. The predicted octanol–water partition coefficient (Wildman–Crippen LogP) is 2.45. The summed E-state index contributed by atoms with van der Waals surface area (Å²) in [5.41, 5.74) is 7.48. The molecule has 0 heterocycles. The number of halogens is 1. The first-order chi connectivity index (χ1) is 4.74. The topological polar surface area (TPSA) is 26.0 Å². The monoisotopic (exact) mass is 217 g/mol. The number of nitrogen functional groups attached to an aromatic ring is 1. The van der Waals surface area contributed by atoms with Crippen LogP contribution in [0.5, 0.6) is 0 Å². The molecule has 0 aliphatic rings. The molecule has 0 aromatic heterocycles. The second kappa shape index (κ2) is 3.30. The Balaban J connectivity index is 3.04. The maximum Gasteiger partial charge on any atom is 0.0449 e. The van der Waals surface area contributed by atoms with E-state index in [1.54, 1.807) is 0 Å². The average Bonchev–Trinajstić information content (AvgIpc) is 1.95. The van der Waals surface area contributed by atoms with Crippen LogP contribution >= 0.6 is 28.6 Å². The molecule has 2 N–H and O–H groups in total. The van der Waals surface area contributed by atoms with Crippen molar-refractivity contribution >= 4 is 34.2 Å². The third-order valence-electron chi connectivity index (χ3n) is 1.25. The van der Waals surface area contributed by atoms with Gasteiger partial charge in [0.1, 0.15) is 0 Å². The van der Waals surface area contributed by atoms with Gasteiger partial charge in [0.15, 0.2) is 0 Å². The minimum atomic E-state index is 0.730. The van der Waals surface area contributed by atoms with Crippen LogP contribution in [0.2, 0.25) is 0 Å². The second-order valence-corrected chi connectivity index (χ2v) is 3.07. The summed E-state index contributed by atoms with van der Waals surface area (Å²) in [4.78, 5) is 0.844. The molecule has 0 fully saturated rings. The Bertz CT molecular complexity index is 237. The highest BCUT2D eigenvalue weighted by molar-refractivity contribution is 9.08. The van der Waals surface area contributed by atoms with Gasteiger partial charge in [-0.05, 0) is 17.7 Å². The fourth-order valence-corrected chi connectivity index (χ4v) is 1.26. The lowest BCUT2D eigenvalue weighted by molar-refractivity contribution is 1.35. The molecule has 0 aliphatic heterocycles. The van der Waals surface area contributed by atoms with Crippen LogP contribution in [0.4, 0.5) is 5.69 Å². The molecule has 1 aromatic carbocycles. The zero-order valence-electron chi connectivity index (χ0n) is 5.34. The maximum atomic E-state index is 5.55. The van der Waals surface area contributed by atoms with Crippen LogP contribution in [-0.4, -0.2) is 0 Å². The van der Waals surface area contributed by atoms with Crippen molar-refractivity contribution in [2.24, 2.45) is 0 Å². The lowest BCUT2D eigenvalue weighted by Crippen LogP contribution is -1.87. The van der Waals surface area contributed by atoms with Crippen LogP contribution < -0.4 is 5.73 Å². The van der Waals surface area contributed by atoms with E-state index in [1.165, 1.54) is 5.56 Å². The van der Waals surface area contributed by atoms with E-state index >= 15 is 0 Å². The molecule has 0 bridgehead atoms. The van der Waals surface area contributed by atoms with Gasteiger partial charge >= 0.3 is 0 Å². The fraction of sp³-hybridized carbons (Fsp3) is 0.143. The van der Waals surface area contributed by atoms with Gasteiger partial charge in [0.05, 0.1) is 0 Å². The van der Waals surface area contributed by atoms with E-state index in [2.05, 4.69) is 28.6 Å². The highest BCUT2D eigenvalue weighted by Crippen LogP contribution is 2.18. The van der Waals surface area contributed by atoms with E-state index in [1.807, 2.05) is 18.2 Å². The van der Waals surface area contributed by atoms with Crippen LogP contribution in [0.1, 0.15) is 5.56 Å². The zero-order valence-corrected chi connectivity index (χ0v) is 7.82. The van der Waals surface area contributed by atoms with Gasteiger partial charge in [0.25, 0.3) is 0 Å². The van der Waals surface area contributed by atoms with E-state index < -0.39 is 0 Å². The lowest BCUT2D eigenvalue weighted by Gasteiger charge is -1.99. The Morgan fingerprint density at radius 3 is 2.70 bits per heavy atom. The highest BCUT2D eigenvalue weighted by atomic mass is 79.9. The predicted molar refractivity (Wildman–Crippen MR) is 50.7 cm³/mol. The molecule has 1 aromatic rings. The molecule has 0 saturated heterocycles. The minimum absolute atomic E-state index is 0.730. The van der Waals surface area contributed by atoms with E-state index in [0.717, 1.165) is 15.9 Å². The van der Waals surface area contributed by atoms with Crippen molar-refractivity contribution in [2.45, 2.75) is 10.2 Å². The van der Waals surface area contributed by atoms with Crippen LogP contribution in [0.25, 0.3) is 0 Å². The van der Waals surface area contributed by atoms with Gasteiger partial charge in [-0.3, -0.25) is 0 Å². The quantitative estimate of drug-likeness (QED) is 0.422. The van der Waals surface area contributed by atoms with E-state index in [-0.39, 0.29) is 0 Å². The molecule has 10 heavy (non-hydrogen) atoms. The van der Waals surface area contributed by atoms with E-state index in [9.17, 15) is 0 Å². The molecule has 1 rings (SSSR count). The zero-order chi connectivity index (χ0) is 7.56. The first kappa shape index (κ1) is 7.95. The molecule has 3 heteroatoms. The molecular weight excluding hydrogens is 210 g/mol. The summed E-state index contributed by atoms with van der Waals surface area (Å²) in [6, 6.07) is 5.79. The SMILES string of the molecule is Nc1ccc(CBr)cc1S. The molecule has 1 nitrogen and oxygen atoms in total. The molecule has 0 radical (unpaired) electrons. The Morgan fingerprint density at radius 1 is 1.50 bits per heavy atom. The molecule has 0 amide bonds. The van der Waals surface area contributed by atoms with Crippen molar-refractivity contribution in [3.8, 4) is 0 Å². The number of thiol groups is 1. The Labute approximate surface area is 74.2 Å². The van der Waals surface area contributed by atoms with E-state index in [0.29, 0.717) is 0 Å². The van der Waals surface area contributed by atoms with Gasteiger partial charge in [0, 0.05) is 15.9 Å². The summed E-state index contributed by atoms with van der Waals surface area (Å²) < 4.78 is 0. The minimum Gasteiger partial charge on any atom is -0.398 e. The highest BCUT2D eigenvalue weighted by Gasteiger charge is 1.94. The first-order valence-corrected chi connectivity index (χ1v) is 4.44. The van der Waals surface area contributed by atoms with Gasteiger partial charge in [-0.1, -0.05) is 22.0 Å². The second-order valence-electron chi connectivity index (χ2n) is 2.03. The summed E-state index contributed by atoms with van der Waals surface area (Å²) in [5, 5.41) is 0.848. The van der Waals surface area contributed by atoms with Crippen molar-refractivity contribution in [1.82, 2.24) is 0 Å². The van der Waals surface area contributed by atoms with Crippen molar-refractivity contribution in [2.75, 3.05) is 5.73 Å². The summed E-state index contributed by atoms with van der Waals surface area (Å²) in [6.45, 7) is 0. The molecule has 0 saturated carbocycles. The normalized spacial score (nSPS) is 9.80. The number of benzene rings is 1. The largest absolute Gasteiger partial charge is 0.398 e. The molecular formula is C7H8BrNS. The van der Waals surface area contributed by atoms with Gasteiger partial charge < -0.3 is 5.73 Å². The number of rotatable bonds is 1. The Morgan fingerprint density at radius 2 is 2.20 bits per heavy atom. The van der Waals surface area contributed by atoms with Crippen molar-refractivity contribution in [3.63, 3.8) is 0 Å². The molecule has 0 aliphatic carbocycles. The van der Waals surface area contributed by atoms with Crippen LogP contribution in [0.15, 0.2) is 23.1 Å². The number of nitrogens with two attached hydrogens (primary N) is 1. The van der Waals surface area contributed by atoms with Crippen LogP contribution in [0.3, 0.4) is 0 Å². The fourth-order valence-electron chi connectivity index (χ4n) is 0.672. The van der Waals surface area contributed by atoms with Gasteiger partial charge in [-0.25, -0.2) is 0 Å². The Hall–Kier alpha value is -0.150. The van der Waals surface area contributed by atoms with Crippen molar-refractivity contribution in [1.29, 1.82) is 0 Å².